The highest BCUT2D eigenvalue weighted by Crippen LogP contribution is 2.36. The first kappa shape index (κ1) is 37.4. The van der Waals surface area contributed by atoms with Crippen molar-refractivity contribution in [2.45, 2.75) is 111 Å². The molecule has 0 aromatic heterocycles. The minimum Gasteiger partial charge on any atom is -0.395 e. The molecule has 0 aromatic rings. The Hall–Kier alpha value is -1.08. The number of halogens is 1. The Bertz CT molecular complexity index is 900. The Kier molecular flexibility index (Phi) is 14.1. The van der Waals surface area contributed by atoms with E-state index in [1.807, 2.05) is 0 Å². The molecule has 0 bridgehead atoms. The quantitative estimate of drug-likeness (QED) is 0.0779. The van der Waals surface area contributed by atoms with E-state index in [9.17, 15) is 50.0 Å². The van der Waals surface area contributed by atoms with E-state index in [0.717, 1.165) is 0 Å². The van der Waals surface area contributed by atoms with Crippen LogP contribution in [-0.4, -0.2) is 183 Å². The summed E-state index contributed by atoms with van der Waals surface area (Å²) in [5.74, 6) is -2.02. The van der Waals surface area contributed by atoms with Crippen LogP contribution in [0.15, 0.2) is 0 Å². The minimum atomic E-state index is -2.09. The van der Waals surface area contributed by atoms with Crippen LogP contribution in [0.5, 0.6) is 0 Å². The van der Waals surface area contributed by atoms with Gasteiger partial charge in [0.05, 0.1) is 25.4 Å². The van der Waals surface area contributed by atoms with E-state index in [4.69, 9.17) is 41.3 Å². The highest BCUT2D eigenvalue weighted by atomic mass is 19.1. The summed E-state index contributed by atoms with van der Waals surface area (Å²) in [5.41, 5.74) is 17.4. The predicted molar refractivity (Wildman–Crippen MR) is 144 cm³/mol. The third-order valence-corrected chi connectivity index (χ3v) is 8.32. The molecule has 3 aliphatic rings. The number of aliphatic hydroxyl groups excluding tert-OH is 9. The second-order valence-electron chi connectivity index (χ2n) is 11.4. The van der Waals surface area contributed by atoms with Gasteiger partial charge in [-0.25, -0.2) is 4.39 Å². The fraction of sp³-hybridized carbons (Fsp3) is 0.960. The van der Waals surface area contributed by atoms with Gasteiger partial charge in [-0.05, 0) is 12.3 Å². The average Bonchev–Trinajstić information content (AvgIpc) is 3.00. The van der Waals surface area contributed by atoms with Crippen LogP contribution >= 0.6 is 0 Å². The van der Waals surface area contributed by atoms with Crippen LogP contribution in [0.1, 0.15) is 12.8 Å². The van der Waals surface area contributed by atoms with Crippen LogP contribution in [0.3, 0.4) is 0 Å². The lowest BCUT2D eigenvalue weighted by Crippen LogP contribution is -2.67. The lowest BCUT2D eigenvalue weighted by Gasteiger charge is -2.49. The number of nitrogens with two attached hydrogens (primary N) is 3. The van der Waals surface area contributed by atoms with Crippen molar-refractivity contribution >= 4 is 5.78 Å². The molecule has 3 fully saturated rings. The summed E-state index contributed by atoms with van der Waals surface area (Å²) in [7, 11) is 0. The summed E-state index contributed by atoms with van der Waals surface area (Å²) in [6.45, 7) is -1.49. The Balaban J connectivity index is 1.85. The van der Waals surface area contributed by atoms with Crippen LogP contribution in [0, 0.1) is 5.92 Å². The van der Waals surface area contributed by atoms with Crippen molar-refractivity contribution < 1.29 is 74.1 Å². The fourth-order valence-electron chi connectivity index (χ4n) is 5.68. The first-order chi connectivity index (χ1) is 20.8. The van der Waals surface area contributed by atoms with Crippen LogP contribution < -0.4 is 22.5 Å². The van der Waals surface area contributed by atoms with Gasteiger partial charge in [-0.2, -0.15) is 0 Å². The molecular formula is C25H47FN4O14. The van der Waals surface area contributed by atoms with Crippen molar-refractivity contribution in [1.82, 2.24) is 5.32 Å². The summed E-state index contributed by atoms with van der Waals surface area (Å²) in [4.78, 5) is 12.7. The summed E-state index contributed by atoms with van der Waals surface area (Å²) in [6.07, 6.45) is -23.6. The molecule has 16 N–H and O–H groups in total. The molecular weight excluding hydrogens is 599 g/mol. The minimum absolute atomic E-state index is 0.0592. The monoisotopic (exact) mass is 646 g/mol. The molecule has 0 amide bonds. The number of carbonyl (C=O) groups excluding carboxylic acids is 1. The first-order valence-corrected chi connectivity index (χ1v) is 14.5. The van der Waals surface area contributed by atoms with Gasteiger partial charge in [0.2, 0.25) is 0 Å². The summed E-state index contributed by atoms with van der Waals surface area (Å²) in [6, 6.07) is -2.46. The largest absolute Gasteiger partial charge is 0.395 e. The van der Waals surface area contributed by atoms with Gasteiger partial charge in [0.25, 0.3) is 0 Å². The Morgan fingerprint density at radius 2 is 1.50 bits per heavy atom. The van der Waals surface area contributed by atoms with Gasteiger partial charge in [-0.3, -0.25) is 4.79 Å². The first-order valence-electron chi connectivity index (χ1n) is 14.5. The van der Waals surface area contributed by atoms with Crippen molar-refractivity contribution in [1.29, 1.82) is 0 Å². The Morgan fingerprint density at radius 3 is 2.11 bits per heavy atom. The molecule has 258 valence electrons. The highest BCUT2D eigenvalue weighted by Gasteiger charge is 2.52. The number of rotatable bonds is 14. The molecule has 19 heteroatoms. The van der Waals surface area contributed by atoms with E-state index < -0.39 is 129 Å². The molecule has 17 atom stereocenters. The van der Waals surface area contributed by atoms with Crippen LogP contribution in [0.25, 0.3) is 0 Å². The zero-order valence-electron chi connectivity index (χ0n) is 23.9. The highest BCUT2D eigenvalue weighted by molar-refractivity contribution is 5.83. The third kappa shape index (κ3) is 8.44. The van der Waals surface area contributed by atoms with E-state index in [-0.39, 0.29) is 26.1 Å². The Morgan fingerprint density at radius 1 is 0.886 bits per heavy atom. The number of ketones is 1. The van der Waals surface area contributed by atoms with Gasteiger partial charge in [-0.1, -0.05) is 0 Å². The van der Waals surface area contributed by atoms with E-state index in [1.54, 1.807) is 0 Å². The zero-order chi connectivity index (χ0) is 32.9. The van der Waals surface area contributed by atoms with Gasteiger partial charge >= 0.3 is 0 Å². The van der Waals surface area contributed by atoms with Gasteiger partial charge in [0.15, 0.2) is 18.4 Å². The molecule has 0 aromatic carbocycles. The molecule has 1 saturated carbocycles. The number of alkyl halides is 1. The predicted octanol–water partition coefficient (Wildman–Crippen LogP) is -7.76. The van der Waals surface area contributed by atoms with Crippen molar-refractivity contribution in [2.75, 3.05) is 32.8 Å². The van der Waals surface area contributed by atoms with Gasteiger partial charge in [0.1, 0.15) is 67.2 Å². The summed E-state index contributed by atoms with van der Waals surface area (Å²) < 4.78 is 36.8. The number of carbonyl (C=O) groups is 1. The second kappa shape index (κ2) is 16.7. The van der Waals surface area contributed by atoms with Crippen molar-refractivity contribution in [2.24, 2.45) is 23.1 Å². The zero-order valence-corrected chi connectivity index (χ0v) is 23.9. The molecule has 2 aliphatic heterocycles. The summed E-state index contributed by atoms with van der Waals surface area (Å²) >= 11 is 0. The topological polar surface area (TPSA) is 326 Å². The van der Waals surface area contributed by atoms with Gasteiger partial charge in [0, 0.05) is 32.1 Å². The normalized spacial score (nSPS) is 44.7. The number of Topliss-reactive ketones (excluding diaryl/α,β-unsaturated/α-hetero) is 1. The van der Waals surface area contributed by atoms with E-state index >= 15 is 0 Å². The molecule has 1 aliphatic carbocycles. The SMILES string of the molecule is NCC(F)C(O)C(=O)C[C@@H]1C[C@H](N)C(O[C@H]2O[C@H](CNCCO)[C@@H](O)[C@H](O)[C@H]2O)[C@H](O)[C@H]1O[C@H]1O[C@H](CO)[C@@H](O)[C@H](N)[C@H]1O. The van der Waals surface area contributed by atoms with E-state index in [0.29, 0.717) is 0 Å². The maximum atomic E-state index is 14.0. The van der Waals surface area contributed by atoms with Crippen molar-refractivity contribution in [3.8, 4) is 0 Å². The van der Waals surface area contributed by atoms with Crippen LogP contribution in [-0.2, 0) is 23.7 Å². The molecule has 18 nitrogen and oxygen atoms in total. The molecule has 44 heavy (non-hydrogen) atoms. The van der Waals surface area contributed by atoms with E-state index in [2.05, 4.69) is 5.32 Å². The maximum absolute atomic E-state index is 14.0. The number of hydrogen-bond donors (Lipinski definition) is 13. The average molecular weight is 647 g/mol. The Labute approximate surface area is 252 Å². The number of aliphatic hydroxyl groups is 9. The van der Waals surface area contributed by atoms with Crippen molar-refractivity contribution in [3.05, 3.63) is 0 Å². The molecule has 0 radical (unpaired) electrons. The number of nitrogens with one attached hydrogen (secondary N) is 1. The molecule has 3 rings (SSSR count). The number of ether oxygens (including phenoxy) is 4. The lowest BCUT2D eigenvalue weighted by atomic mass is 9.76. The molecule has 3 unspecified atom stereocenters. The van der Waals surface area contributed by atoms with Gasteiger partial charge in [-0.15, -0.1) is 0 Å². The maximum Gasteiger partial charge on any atom is 0.187 e. The van der Waals surface area contributed by atoms with Crippen LogP contribution in [0.4, 0.5) is 4.39 Å². The van der Waals surface area contributed by atoms with Gasteiger partial charge < -0.3 is 87.4 Å². The number of hydrogen-bond acceptors (Lipinski definition) is 18. The van der Waals surface area contributed by atoms with Crippen molar-refractivity contribution in [3.63, 3.8) is 0 Å². The standard InChI is InChI=1S/C25H47FN4O14/c26-9(5-27)15(34)11(33)4-8-3-10(28)23(44-25-20(39)19(38)17(36)12(41-25)6-30-1-2-31)21(40)22(8)43-24-18(37)14(29)16(35)13(7-32)42-24/h8-10,12-25,30-32,34-40H,1-7,27-29H2/t8-,9?,10-,12+,13+,14-,15?,16+,17+,18+,19-,20+,21+,22-,23?,24+,25+/m0/s1. The summed E-state index contributed by atoms with van der Waals surface area (Å²) in [5, 5.41) is 95.0. The molecule has 2 saturated heterocycles. The van der Waals surface area contributed by atoms with Crippen LogP contribution in [0.2, 0.25) is 0 Å². The van der Waals surface area contributed by atoms with E-state index in [1.165, 1.54) is 0 Å². The third-order valence-electron chi connectivity index (χ3n) is 8.32. The molecule has 0 spiro atoms. The second-order valence-corrected chi connectivity index (χ2v) is 11.4. The fourth-order valence-corrected chi connectivity index (χ4v) is 5.68. The molecule has 2 heterocycles. The lowest BCUT2D eigenvalue weighted by molar-refractivity contribution is -0.335. The smallest absolute Gasteiger partial charge is 0.187 e.